The molecule has 31 heavy (non-hydrogen) atoms. The standard InChI is InChI=1S/C18H23FN6O4S2/c19-14-3-5-16(6-4-14)31(27,28)24-9-7-23(8-10-24)17(26)13-30-18-20-21-22-25(18)12-15-2-1-11-29-15/h3-6,15H,1-2,7-13H2/t15-/m1/s1. The van der Waals surface area contributed by atoms with Gasteiger partial charge in [-0.3, -0.25) is 4.79 Å². The van der Waals surface area contributed by atoms with Crippen molar-refractivity contribution in [2.75, 3.05) is 38.5 Å². The number of benzene rings is 1. The molecule has 2 saturated heterocycles. The quantitative estimate of drug-likeness (QED) is 0.542. The van der Waals surface area contributed by atoms with Gasteiger partial charge in [-0.2, -0.15) is 4.31 Å². The Labute approximate surface area is 183 Å². The zero-order valence-electron chi connectivity index (χ0n) is 16.8. The van der Waals surface area contributed by atoms with E-state index in [9.17, 15) is 17.6 Å². The number of hydrogen-bond donors (Lipinski definition) is 0. The number of sulfonamides is 1. The van der Waals surface area contributed by atoms with Crippen LogP contribution < -0.4 is 0 Å². The molecule has 0 bridgehead atoms. The first-order valence-corrected chi connectivity index (χ1v) is 12.4. The third kappa shape index (κ3) is 5.22. The number of carbonyl (C=O) groups excluding carboxylic acids is 1. The third-order valence-electron chi connectivity index (χ3n) is 5.27. The molecular formula is C18H23FN6O4S2. The van der Waals surface area contributed by atoms with Crippen LogP contribution in [0.25, 0.3) is 0 Å². The molecule has 10 nitrogen and oxygen atoms in total. The number of piperazine rings is 1. The predicted molar refractivity (Wildman–Crippen MR) is 109 cm³/mol. The highest BCUT2D eigenvalue weighted by Crippen LogP contribution is 2.21. The van der Waals surface area contributed by atoms with E-state index in [-0.39, 0.29) is 35.7 Å². The van der Waals surface area contributed by atoms with E-state index in [1.54, 1.807) is 9.58 Å². The van der Waals surface area contributed by atoms with Gasteiger partial charge in [0.2, 0.25) is 21.1 Å². The fourth-order valence-electron chi connectivity index (χ4n) is 3.55. The van der Waals surface area contributed by atoms with Crippen molar-refractivity contribution in [2.45, 2.75) is 35.5 Å². The van der Waals surface area contributed by atoms with Gasteiger partial charge in [-0.1, -0.05) is 11.8 Å². The highest BCUT2D eigenvalue weighted by Gasteiger charge is 2.30. The number of halogens is 1. The minimum atomic E-state index is -3.71. The van der Waals surface area contributed by atoms with Crippen molar-refractivity contribution >= 4 is 27.7 Å². The number of carbonyl (C=O) groups is 1. The lowest BCUT2D eigenvalue weighted by molar-refractivity contribution is -0.129. The van der Waals surface area contributed by atoms with Crippen LogP contribution in [-0.4, -0.2) is 88.4 Å². The van der Waals surface area contributed by atoms with Gasteiger partial charge in [-0.25, -0.2) is 17.5 Å². The molecule has 4 rings (SSSR count). The zero-order valence-corrected chi connectivity index (χ0v) is 18.4. The number of hydrogen-bond acceptors (Lipinski definition) is 8. The van der Waals surface area contributed by atoms with Gasteiger partial charge in [0.25, 0.3) is 0 Å². The molecule has 0 unspecified atom stereocenters. The number of tetrazole rings is 1. The zero-order chi connectivity index (χ0) is 21.8. The Kier molecular flexibility index (Phi) is 6.84. The number of aromatic nitrogens is 4. The molecule has 0 N–H and O–H groups in total. The maximum absolute atomic E-state index is 13.1. The molecule has 2 fully saturated rings. The van der Waals surface area contributed by atoms with Crippen LogP contribution in [0.2, 0.25) is 0 Å². The van der Waals surface area contributed by atoms with Crippen LogP contribution in [0.5, 0.6) is 0 Å². The fourth-order valence-corrected chi connectivity index (χ4v) is 5.76. The van der Waals surface area contributed by atoms with Crippen LogP contribution in [0, 0.1) is 5.82 Å². The van der Waals surface area contributed by atoms with Crippen LogP contribution in [0.3, 0.4) is 0 Å². The number of rotatable bonds is 7. The average molecular weight is 471 g/mol. The minimum Gasteiger partial charge on any atom is -0.376 e. The lowest BCUT2D eigenvalue weighted by Gasteiger charge is -2.34. The summed E-state index contributed by atoms with van der Waals surface area (Å²) in [7, 11) is -3.71. The van der Waals surface area contributed by atoms with Gasteiger partial charge >= 0.3 is 0 Å². The van der Waals surface area contributed by atoms with E-state index in [0.717, 1.165) is 31.6 Å². The van der Waals surface area contributed by atoms with Crippen molar-refractivity contribution < 1.29 is 22.3 Å². The molecule has 2 aliphatic heterocycles. The van der Waals surface area contributed by atoms with E-state index in [0.29, 0.717) is 24.8 Å². The van der Waals surface area contributed by atoms with E-state index in [1.807, 2.05) is 0 Å². The van der Waals surface area contributed by atoms with E-state index in [1.165, 1.54) is 28.2 Å². The number of thioether (sulfide) groups is 1. The highest BCUT2D eigenvalue weighted by molar-refractivity contribution is 7.99. The lowest BCUT2D eigenvalue weighted by Crippen LogP contribution is -2.51. The van der Waals surface area contributed by atoms with Crippen molar-refractivity contribution in [3.63, 3.8) is 0 Å². The minimum absolute atomic E-state index is 0.0438. The molecule has 1 aromatic carbocycles. The second-order valence-electron chi connectivity index (χ2n) is 7.31. The van der Waals surface area contributed by atoms with Gasteiger partial charge < -0.3 is 9.64 Å². The summed E-state index contributed by atoms with van der Waals surface area (Å²) in [6.07, 6.45) is 2.08. The Morgan fingerprint density at radius 2 is 1.94 bits per heavy atom. The normalized spacial score (nSPS) is 20.3. The Balaban J connectivity index is 1.28. The molecule has 2 aliphatic rings. The van der Waals surface area contributed by atoms with Crippen LogP contribution in [0.15, 0.2) is 34.3 Å². The molecule has 2 aromatic rings. The first-order valence-electron chi connectivity index (χ1n) is 9.97. The van der Waals surface area contributed by atoms with Crippen LogP contribution in [0.1, 0.15) is 12.8 Å². The summed E-state index contributed by atoms with van der Waals surface area (Å²) >= 11 is 1.26. The van der Waals surface area contributed by atoms with Gasteiger partial charge in [0.1, 0.15) is 5.82 Å². The third-order valence-corrected chi connectivity index (χ3v) is 8.12. The van der Waals surface area contributed by atoms with Crippen LogP contribution >= 0.6 is 11.8 Å². The SMILES string of the molecule is O=C(CSc1nnnn1C[C@H]1CCCO1)N1CCN(S(=O)(=O)c2ccc(F)cc2)CC1. The maximum Gasteiger partial charge on any atom is 0.243 e. The number of ether oxygens (including phenoxy) is 1. The highest BCUT2D eigenvalue weighted by atomic mass is 32.2. The first-order chi connectivity index (χ1) is 14.9. The van der Waals surface area contributed by atoms with Gasteiger partial charge in [0, 0.05) is 32.8 Å². The second-order valence-corrected chi connectivity index (χ2v) is 10.2. The van der Waals surface area contributed by atoms with Gasteiger partial charge in [-0.15, -0.1) is 5.10 Å². The van der Waals surface area contributed by atoms with Crippen molar-refractivity contribution in [3.05, 3.63) is 30.1 Å². The molecule has 0 radical (unpaired) electrons. The van der Waals surface area contributed by atoms with E-state index < -0.39 is 15.8 Å². The van der Waals surface area contributed by atoms with Crippen LogP contribution in [0.4, 0.5) is 4.39 Å². The van der Waals surface area contributed by atoms with Crippen molar-refractivity contribution in [1.82, 2.24) is 29.4 Å². The fraction of sp³-hybridized carbons (Fsp3) is 0.556. The topological polar surface area (TPSA) is 111 Å². The van der Waals surface area contributed by atoms with E-state index in [4.69, 9.17) is 4.74 Å². The summed E-state index contributed by atoms with van der Waals surface area (Å²) < 4.78 is 47.1. The smallest absolute Gasteiger partial charge is 0.243 e. The van der Waals surface area contributed by atoms with Gasteiger partial charge in [0.15, 0.2) is 0 Å². The monoisotopic (exact) mass is 470 g/mol. The molecule has 1 amide bonds. The first kappa shape index (κ1) is 22.1. The molecule has 1 atom stereocenters. The van der Waals surface area contributed by atoms with Crippen molar-refractivity contribution in [1.29, 1.82) is 0 Å². The molecule has 0 spiro atoms. The summed E-state index contributed by atoms with van der Waals surface area (Å²) in [6.45, 7) is 2.27. The average Bonchev–Trinajstić information content (AvgIpc) is 3.45. The largest absolute Gasteiger partial charge is 0.376 e. The summed E-state index contributed by atoms with van der Waals surface area (Å²) in [5, 5.41) is 12.2. The van der Waals surface area contributed by atoms with Gasteiger partial charge in [0.05, 0.1) is 23.3 Å². The summed E-state index contributed by atoms with van der Waals surface area (Å²) in [4.78, 5) is 14.3. The lowest BCUT2D eigenvalue weighted by atomic mass is 10.2. The predicted octanol–water partition coefficient (Wildman–Crippen LogP) is 0.616. The van der Waals surface area contributed by atoms with E-state index >= 15 is 0 Å². The number of nitrogens with zero attached hydrogens (tertiary/aromatic N) is 6. The molecule has 168 valence electrons. The Bertz CT molecular complexity index is 1000. The molecule has 13 heteroatoms. The maximum atomic E-state index is 13.1. The Morgan fingerprint density at radius 3 is 2.61 bits per heavy atom. The van der Waals surface area contributed by atoms with Crippen LogP contribution in [-0.2, 0) is 26.1 Å². The Morgan fingerprint density at radius 1 is 1.19 bits per heavy atom. The number of amides is 1. The summed E-state index contributed by atoms with van der Waals surface area (Å²) in [6, 6.07) is 4.74. The van der Waals surface area contributed by atoms with Gasteiger partial charge in [-0.05, 0) is 47.5 Å². The van der Waals surface area contributed by atoms with E-state index in [2.05, 4.69) is 15.5 Å². The molecule has 1 aromatic heterocycles. The summed E-state index contributed by atoms with van der Waals surface area (Å²) in [5.74, 6) is -0.430. The molecular weight excluding hydrogens is 447 g/mol. The Hall–Kier alpha value is -2.09. The molecule has 0 saturated carbocycles. The second kappa shape index (κ2) is 9.59. The van der Waals surface area contributed by atoms with Crippen molar-refractivity contribution in [3.8, 4) is 0 Å². The molecule has 3 heterocycles. The molecule has 0 aliphatic carbocycles. The summed E-state index contributed by atoms with van der Waals surface area (Å²) in [5.41, 5.74) is 0. The van der Waals surface area contributed by atoms with Crippen molar-refractivity contribution in [2.24, 2.45) is 0 Å².